The lowest BCUT2D eigenvalue weighted by molar-refractivity contribution is -0.140. The molecule has 0 saturated heterocycles. The number of nitrogens with zero attached hydrogens (tertiary/aromatic N) is 4. The third-order valence-electron chi connectivity index (χ3n) is 4.79. The van der Waals surface area contributed by atoms with E-state index in [9.17, 15) is 9.59 Å². The fourth-order valence-corrected chi connectivity index (χ4v) is 3.31. The Balaban J connectivity index is 1.66. The highest BCUT2D eigenvalue weighted by Gasteiger charge is 2.35. The number of hydrogen-bond acceptors (Lipinski definition) is 8. The van der Waals surface area contributed by atoms with Gasteiger partial charge in [0.05, 0.1) is 18.2 Å². The van der Waals surface area contributed by atoms with E-state index in [1.807, 2.05) is 30.3 Å². The summed E-state index contributed by atoms with van der Waals surface area (Å²) in [5.41, 5.74) is 2.99. The second kappa shape index (κ2) is 8.16. The van der Waals surface area contributed by atoms with Crippen LogP contribution in [0.5, 0.6) is 0 Å². The Hall–Kier alpha value is -4.01. The molecule has 0 spiro atoms. The van der Waals surface area contributed by atoms with Gasteiger partial charge in [-0.2, -0.15) is 4.68 Å². The maximum Gasteiger partial charge on any atom is 0.338 e. The van der Waals surface area contributed by atoms with Crippen molar-refractivity contribution in [3.63, 3.8) is 0 Å². The molecular weight excluding hydrogens is 386 g/mol. The molecule has 1 atom stereocenters. The average molecular weight is 405 g/mol. The SMILES string of the molecule is COC(=O)c1ccc(C2C(C(=O)OCc3ccccc3)=C(C)Nc3nnnn32)cc1. The molecule has 9 nitrogen and oxygen atoms in total. The van der Waals surface area contributed by atoms with E-state index in [2.05, 4.69) is 20.8 Å². The van der Waals surface area contributed by atoms with Crippen molar-refractivity contribution in [1.82, 2.24) is 20.2 Å². The van der Waals surface area contributed by atoms with Gasteiger partial charge in [0.2, 0.25) is 5.95 Å². The summed E-state index contributed by atoms with van der Waals surface area (Å²) >= 11 is 0. The highest BCUT2D eigenvalue weighted by Crippen LogP contribution is 2.35. The average Bonchev–Trinajstić information content (AvgIpc) is 3.24. The van der Waals surface area contributed by atoms with Crippen LogP contribution in [0, 0.1) is 0 Å². The molecule has 30 heavy (non-hydrogen) atoms. The molecule has 0 fully saturated rings. The predicted molar refractivity (Wildman–Crippen MR) is 106 cm³/mol. The van der Waals surface area contributed by atoms with Crippen LogP contribution in [0.4, 0.5) is 5.95 Å². The topological polar surface area (TPSA) is 108 Å². The molecule has 2 heterocycles. The minimum Gasteiger partial charge on any atom is -0.465 e. The lowest BCUT2D eigenvalue weighted by atomic mass is 9.95. The number of nitrogens with one attached hydrogen (secondary N) is 1. The van der Waals surface area contributed by atoms with Crippen LogP contribution >= 0.6 is 0 Å². The van der Waals surface area contributed by atoms with Crippen molar-refractivity contribution >= 4 is 17.9 Å². The van der Waals surface area contributed by atoms with Gasteiger partial charge in [0.1, 0.15) is 12.6 Å². The minimum atomic E-state index is -0.605. The van der Waals surface area contributed by atoms with Crippen molar-refractivity contribution < 1.29 is 19.1 Å². The Kier molecular flexibility index (Phi) is 5.25. The van der Waals surface area contributed by atoms with Gasteiger partial charge in [0, 0.05) is 5.70 Å². The monoisotopic (exact) mass is 405 g/mol. The summed E-state index contributed by atoms with van der Waals surface area (Å²) in [4.78, 5) is 24.8. The lowest BCUT2D eigenvalue weighted by Crippen LogP contribution is -2.29. The van der Waals surface area contributed by atoms with Gasteiger partial charge in [-0.1, -0.05) is 47.6 Å². The first-order valence-electron chi connectivity index (χ1n) is 9.23. The summed E-state index contributed by atoms with van der Waals surface area (Å²) in [5, 5.41) is 14.7. The van der Waals surface area contributed by atoms with Crippen LogP contribution in [0.15, 0.2) is 65.9 Å². The van der Waals surface area contributed by atoms with E-state index >= 15 is 0 Å². The number of hydrogen-bond donors (Lipinski definition) is 1. The van der Waals surface area contributed by atoms with Crippen molar-refractivity contribution in [3.05, 3.63) is 82.6 Å². The van der Waals surface area contributed by atoms with Crippen molar-refractivity contribution in [1.29, 1.82) is 0 Å². The number of ether oxygens (including phenoxy) is 2. The molecular formula is C21H19N5O4. The Morgan fingerprint density at radius 2 is 1.80 bits per heavy atom. The second-order valence-electron chi connectivity index (χ2n) is 6.69. The Labute approximate surface area is 172 Å². The van der Waals surface area contributed by atoms with Gasteiger partial charge in [-0.25, -0.2) is 9.59 Å². The van der Waals surface area contributed by atoms with Crippen LogP contribution in [0.25, 0.3) is 0 Å². The summed E-state index contributed by atoms with van der Waals surface area (Å²) in [7, 11) is 1.32. The van der Waals surface area contributed by atoms with Crippen LogP contribution in [0.3, 0.4) is 0 Å². The van der Waals surface area contributed by atoms with E-state index in [4.69, 9.17) is 9.47 Å². The zero-order valence-electron chi connectivity index (χ0n) is 16.4. The van der Waals surface area contributed by atoms with Crippen molar-refractivity contribution in [2.75, 3.05) is 12.4 Å². The molecule has 0 aliphatic carbocycles. The number of allylic oxidation sites excluding steroid dienone is 1. The molecule has 3 aromatic rings. The number of methoxy groups -OCH3 is 1. The maximum atomic E-state index is 13.0. The number of tetrazole rings is 1. The molecule has 9 heteroatoms. The van der Waals surface area contributed by atoms with Crippen molar-refractivity contribution in [2.45, 2.75) is 19.6 Å². The maximum absolute atomic E-state index is 13.0. The van der Waals surface area contributed by atoms with Gasteiger partial charge in [-0.3, -0.25) is 0 Å². The highest BCUT2D eigenvalue weighted by atomic mass is 16.5. The number of aromatic nitrogens is 4. The molecule has 0 amide bonds. The molecule has 2 aromatic carbocycles. The lowest BCUT2D eigenvalue weighted by Gasteiger charge is -2.27. The van der Waals surface area contributed by atoms with E-state index in [1.54, 1.807) is 31.2 Å². The molecule has 4 rings (SSSR count). The van der Waals surface area contributed by atoms with E-state index in [-0.39, 0.29) is 6.61 Å². The normalized spacial score (nSPS) is 15.2. The van der Waals surface area contributed by atoms with Crippen LogP contribution < -0.4 is 5.32 Å². The number of carbonyl (C=O) groups excluding carboxylic acids is 2. The van der Waals surface area contributed by atoms with Crippen molar-refractivity contribution in [2.24, 2.45) is 0 Å². The Morgan fingerprint density at radius 1 is 1.07 bits per heavy atom. The molecule has 0 bridgehead atoms. The van der Waals surface area contributed by atoms with Gasteiger partial charge < -0.3 is 14.8 Å². The highest BCUT2D eigenvalue weighted by molar-refractivity contribution is 5.93. The molecule has 1 N–H and O–H groups in total. The third-order valence-corrected chi connectivity index (χ3v) is 4.79. The van der Waals surface area contributed by atoms with Gasteiger partial charge in [0.25, 0.3) is 0 Å². The summed E-state index contributed by atoms with van der Waals surface area (Å²) in [5.74, 6) is -0.509. The van der Waals surface area contributed by atoms with Gasteiger partial charge in [-0.15, -0.1) is 0 Å². The number of anilines is 1. The van der Waals surface area contributed by atoms with Gasteiger partial charge in [-0.05, 0) is 40.6 Å². The molecule has 0 saturated carbocycles. The summed E-state index contributed by atoms with van der Waals surface area (Å²) in [6.07, 6.45) is 0. The molecule has 1 aliphatic rings. The van der Waals surface area contributed by atoms with Crippen molar-refractivity contribution in [3.8, 4) is 0 Å². The molecule has 1 aliphatic heterocycles. The van der Waals surface area contributed by atoms with E-state index in [0.29, 0.717) is 22.8 Å². The number of carbonyl (C=O) groups is 2. The summed E-state index contributed by atoms with van der Waals surface area (Å²) in [6.45, 7) is 1.92. The molecule has 0 radical (unpaired) electrons. The van der Waals surface area contributed by atoms with E-state index in [1.165, 1.54) is 11.8 Å². The number of esters is 2. The summed E-state index contributed by atoms with van der Waals surface area (Å²) < 4.78 is 11.8. The molecule has 152 valence electrons. The van der Waals surface area contributed by atoms with Crippen LogP contribution in [0.2, 0.25) is 0 Å². The van der Waals surface area contributed by atoms with Gasteiger partial charge >= 0.3 is 11.9 Å². The van der Waals surface area contributed by atoms with E-state index in [0.717, 1.165) is 11.1 Å². The second-order valence-corrected chi connectivity index (χ2v) is 6.69. The predicted octanol–water partition coefficient (Wildman–Crippen LogP) is 2.49. The molecule has 1 aromatic heterocycles. The number of rotatable bonds is 5. The standard InChI is InChI=1S/C21H19N5O4/c1-13-17(20(28)30-12-14-6-4-3-5-7-14)18(26-21(22-13)23-24-25-26)15-8-10-16(11-9-15)19(27)29-2/h3-11,18H,12H2,1-2H3,(H,22,23,25). The van der Waals surface area contributed by atoms with Crippen LogP contribution in [-0.2, 0) is 20.9 Å². The number of benzene rings is 2. The zero-order valence-corrected chi connectivity index (χ0v) is 16.4. The van der Waals surface area contributed by atoms with E-state index < -0.39 is 18.0 Å². The number of fused-ring (bicyclic) bond motifs is 1. The fraction of sp³-hybridized carbons (Fsp3) is 0.190. The zero-order chi connectivity index (χ0) is 21.1. The largest absolute Gasteiger partial charge is 0.465 e. The minimum absolute atomic E-state index is 0.146. The Morgan fingerprint density at radius 3 is 2.50 bits per heavy atom. The fourth-order valence-electron chi connectivity index (χ4n) is 3.31. The summed E-state index contributed by atoms with van der Waals surface area (Å²) in [6, 6.07) is 15.6. The molecule has 1 unspecified atom stereocenters. The first-order chi connectivity index (χ1) is 14.6. The third kappa shape index (κ3) is 3.64. The Bertz CT molecular complexity index is 1110. The van der Waals surface area contributed by atoms with Crippen LogP contribution in [0.1, 0.15) is 34.5 Å². The van der Waals surface area contributed by atoms with Gasteiger partial charge in [0.15, 0.2) is 0 Å². The smallest absolute Gasteiger partial charge is 0.338 e. The first kappa shape index (κ1) is 19.3. The quantitative estimate of drug-likeness (QED) is 0.645. The van der Waals surface area contributed by atoms with Crippen LogP contribution in [-0.4, -0.2) is 39.3 Å². The first-order valence-corrected chi connectivity index (χ1v) is 9.23.